The van der Waals surface area contributed by atoms with Gasteiger partial charge in [0.15, 0.2) is 4.77 Å². The van der Waals surface area contributed by atoms with Gasteiger partial charge in [0.25, 0.3) is 0 Å². The predicted molar refractivity (Wildman–Crippen MR) is 69.0 cm³/mol. The van der Waals surface area contributed by atoms with Crippen LogP contribution in [0.3, 0.4) is 0 Å². The van der Waals surface area contributed by atoms with Gasteiger partial charge in [-0.3, -0.25) is 4.98 Å². The molecule has 0 amide bonds. The van der Waals surface area contributed by atoms with Gasteiger partial charge in [-0.15, -0.1) is 0 Å². The van der Waals surface area contributed by atoms with Crippen molar-refractivity contribution in [2.45, 2.75) is 33.2 Å². The van der Waals surface area contributed by atoms with Crippen molar-refractivity contribution in [3.05, 3.63) is 23.2 Å². The molecule has 0 fully saturated rings. The molecule has 0 saturated heterocycles. The van der Waals surface area contributed by atoms with Crippen molar-refractivity contribution in [1.29, 1.82) is 0 Å². The van der Waals surface area contributed by atoms with Gasteiger partial charge in [0.1, 0.15) is 0 Å². The molecule has 4 heteroatoms. The minimum Gasteiger partial charge on any atom is -0.329 e. The van der Waals surface area contributed by atoms with Crippen LogP contribution in [0, 0.1) is 10.7 Å². The highest BCUT2D eigenvalue weighted by Gasteiger charge is 2.03. The standard InChI is InChI=1S/C12H17N3S/c1-9(2)4-3-7-15-11-5-6-13-8-10(11)14-12(15)16/h5-6,8-9H,3-4,7H2,1-2H3,(H,14,16). The molecule has 0 aliphatic heterocycles. The Labute approximate surface area is 101 Å². The topological polar surface area (TPSA) is 33.6 Å². The summed E-state index contributed by atoms with van der Waals surface area (Å²) >= 11 is 5.31. The first-order valence-corrected chi connectivity index (χ1v) is 6.12. The van der Waals surface area contributed by atoms with Gasteiger partial charge in [0.05, 0.1) is 17.2 Å². The lowest BCUT2D eigenvalue weighted by molar-refractivity contribution is 0.515. The predicted octanol–water partition coefficient (Wildman–Crippen LogP) is 3.53. The van der Waals surface area contributed by atoms with Crippen LogP contribution >= 0.6 is 12.2 Å². The van der Waals surface area contributed by atoms with Crippen molar-refractivity contribution in [2.24, 2.45) is 5.92 Å². The molecule has 0 aliphatic rings. The smallest absolute Gasteiger partial charge is 0.178 e. The van der Waals surface area contributed by atoms with E-state index in [-0.39, 0.29) is 0 Å². The maximum atomic E-state index is 5.31. The number of aromatic amines is 1. The average Bonchev–Trinajstić information content (AvgIpc) is 2.55. The van der Waals surface area contributed by atoms with E-state index in [1.165, 1.54) is 12.8 Å². The van der Waals surface area contributed by atoms with Crippen LogP contribution in [-0.2, 0) is 6.54 Å². The number of fused-ring (bicyclic) bond motifs is 1. The summed E-state index contributed by atoms with van der Waals surface area (Å²) in [6, 6.07) is 2.01. The van der Waals surface area contributed by atoms with Gasteiger partial charge < -0.3 is 9.55 Å². The van der Waals surface area contributed by atoms with Crippen molar-refractivity contribution >= 4 is 23.3 Å². The Morgan fingerprint density at radius 3 is 3.06 bits per heavy atom. The summed E-state index contributed by atoms with van der Waals surface area (Å²) in [6.07, 6.45) is 6.04. The third kappa shape index (κ3) is 2.32. The Balaban J connectivity index is 2.23. The van der Waals surface area contributed by atoms with E-state index in [1.54, 1.807) is 0 Å². The second-order valence-electron chi connectivity index (χ2n) is 4.51. The number of imidazole rings is 1. The third-order valence-electron chi connectivity index (χ3n) is 2.74. The molecule has 0 saturated carbocycles. The number of rotatable bonds is 4. The molecule has 86 valence electrons. The fraction of sp³-hybridized carbons (Fsp3) is 0.500. The molecule has 3 nitrogen and oxygen atoms in total. The summed E-state index contributed by atoms with van der Waals surface area (Å²) in [5.41, 5.74) is 2.18. The summed E-state index contributed by atoms with van der Waals surface area (Å²) in [5, 5.41) is 0. The molecule has 1 N–H and O–H groups in total. The van der Waals surface area contributed by atoms with Gasteiger partial charge in [-0.05, 0) is 37.0 Å². The average molecular weight is 235 g/mol. The minimum atomic E-state index is 0.751. The van der Waals surface area contributed by atoms with E-state index >= 15 is 0 Å². The van der Waals surface area contributed by atoms with Gasteiger partial charge in [-0.1, -0.05) is 13.8 Å². The molecule has 0 aliphatic carbocycles. The van der Waals surface area contributed by atoms with Crippen LogP contribution in [0.1, 0.15) is 26.7 Å². The lowest BCUT2D eigenvalue weighted by Gasteiger charge is -2.06. The fourth-order valence-electron chi connectivity index (χ4n) is 1.89. The SMILES string of the molecule is CC(C)CCCn1c(=S)[nH]c2cnccc21. The van der Waals surface area contributed by atoms with E-state index in [4.69, 9.17) is 12.2 Å². The molecule has 0 atom stereocenters. The van der Waals surface area contributed by atoms with Gasteiger partial charge in [-0.25, -0.2) is 0 Å². The lowest BCUT2D eigenvalue weighted by atomic mass is 10.1. The zero-order chi connectivity index (χ0) is 11.5. The number of hydrogen-bond donors (Lipinski definition) is 1. The Morgan fingerprint density at radius 1 is 1.50 bits per heavy atom. The third-order valence-corrected chi connectivity index (χ3v) is 3.06. The number of pyridine rings is 1. The highest BCUT2D eigenvalue weighted by Crippen LogP contribution is 2.14. The van der Waals surface area contributed by atoms with E-state index in [0.29, 0.717) is 0 Å². The van der Waals surface area contributed by atoms with Crippen molar-refractivity contribution in [3.63, 3.8) is 0 Å². The summed E-state index contributed by atoms with van der Waals surface area (Å²) < 4.78 is 2.96. The van der Waals surface area contributed by atoms with Crippen molar-refractivity contribution < 1.29 is 0 Å². The Kier molecular flexibility index (Phi) is 3.39. The number of nitrogens with one attached hydrogen (secondary N) is 1. The zero-order valence-corrected chi connectivity index (χ0v) is 10.5. The van der Waals surface area contributed by atoms with Crippen molar-refractivity contribution in [1.82, 2.24) is 14.5 Å². The Morgan fingerprint density at radius 2 is 2.31 bits per heavy atom. The number of aromatic nitrogens is 3. The molecule has 2 aromatic rings. The van der Waals surface area contributed by atoms with Crippen molar-refractivity contribution in [2.75, 3.05) is 0 Å². The van der Waals surface area contributed by atoms with E-state index in [2.05, 4.69) is 28.4 Å². The monoisotopic (exact) mass is 235 g/mol. The fourth-order valence-corrected chi connectivity index (χ4v) is 2.19. The molecule has 0 unspecified atom stereocenters. The molecule has 2 heterocycles. The first kappa shape index (κ1) is 11.3. The number of hydrogen-bond acceptors (Lipinski definition) is 2. The molecule has 16 heavy (non-hydrogen) atoms. The Bertz CT molecular complexity index is 524. The number of aryl methyl sites for hydroxylation is 1. The highest BCUT2D eigenvalue weighted by atomic mass is 32.1. The molecular formula is C12H17N3S. The van der Waals surface area contributed by atoms with Crippen LogP contribution in [0.5, 0.6) is 0 Å². The zero-order valence-electron chi connectivity index (χ0n) is 9.73. The summed E-state index contributed by atoms with van der Waals surface area (Å²) in [5.74, 6) is 0.751. The molecule has 2 aromatic heterocycles. The summed E-state index contributed by atoms with van der Waals surface area (Å²) in [6.45, 7) is 5.48. The molecule has 2 rings (SSSR count). The maximum Gasteiger partial charge on any atom is 0.178 e. The van der Waals surface area contributed by atoms with Crippen LogP contribution < -0.4 is 0 Å². The van der Waals surface area contributed by atoms with Crippen LogP contribution in [0.4, 0.5) is 0 Å². The van der Waals surface area contributed by atoms with E-state index in [0.717, 1.165) is 28.3 Å². The molecule has 0 aromatic carbocycles. The minimum absolute atomic E-state index is 0.751. The van der Waals surface area contributed by atoms with E-state index in [1.807, 2.05) is 18.5 Å². The molecular weight excluding hydrogens is 218 g/mol. The Hall–Kier alpha value is -1.16. The molecule has 0 radical (unpaired) electrons. The van der Waals surface area contributed by atoms with E-state index < -0.39 is 0 Å². The van der Waals surface area contributed by atoms with Crippen molar-refractivity contribution in [3.8, 4) is 0 Å². The maximum absolute atomic E-state index is 5.31. The van der Waals surface area contributed by atoms with E-state index in [9.17, 15) is 0 Å². The first-order valence-electron chi connectivity index (χ1n) is 5.71. The summed E-state index contributed by atoms with van der Waals surface area (Å²) in [4.78, 5) is 7.27. The lowest BCUT2D eigenvalue weighted by Crippen LogP contribution is -1.99. The second kappa shape index (κ2) is 4.78. The van der Waals surface area contributed by atoms with Crippen LogP contribution in [0.25, 0.3) is 11.0 Å². The number of H-pyrrole nitrogens is 1. The second-order valence-corrected chi connectivity index (χ2v) is 4.90. The molecule has 0 spiro atoms. The largest absolute Gasteiger partial charge is 0.329 e. The molecule has 0 bridgehead atoms. The normalized spacial score (nSPS) is 11.4. The van der Waals surface area contributed by atoms with Gasteiger partial charge in [0, 0.05) is 12.7 Å². The van der Waals surface area contributed by atoms with Gasteiger partial charge >= 0.3 is 0 Å². The van der Waals surface area contributed by atoms with Crippen LogP contribution in [-0.4, -0.2) is 14.5 Å². The number of nitrogens with zero attached hydrogens (tertiary/aromatic N) is 2. The van der Waals surface area contributed by atoms with Gasteiger partial charge in [0.2, 0.25) is 0 Å². The summed E-state index contributed by atoms with van der Waals surface area (Å²) in [7, 11) is 0. The van der Waals surface area contributed by atoms with Crippen LogP contribution in [0.15, 0.2) is 18.5 Å². The first-order chi connectivity index (χ1) is 7.68. The van der Waals surface area contributed by atoms with Gasteiger partial charge in [-0.2, -0.15) is 0 Å². The quantitative estimate of drug-likeness (QED) is 0.822. The highest BCUT2D eigenvalue weighted by molar-refractivity contribution is 7.71. The van der Waals surface area contributed by atoms with Crippen LogP contribution in [0.2, 0.25) is 0 Å².